The van der Waals surface area contributed by atoms with Crippen LogP contribution in [0.15, 0.2) is 0 Å². The van der Waals surface area contributed by atoms with Crippen molar-refractivity contribution >= 4 is 11.8 Å². The lowest BCUT2D eigenvalue weighted by Gasteiger charge is -2.41. The monoisotopic (exact) mass is 228 g/mol. The molecule has 3 heteroatoms. The first-order chi connectivity index (χ1) is 7.27. The van der Waals surface area contributed by atoms with Crippen LogP contribution >= 0.6 is 11.8 Å². The summed E-state index contributed by atoms with van der Waals surface area (Å²) in [6, 6.07) is 1.58. The van der Waals surface area contributed by atoms with Gasteiger partial charge in [0.1, 0.15) is 0 Å². The van der Waals surface area contributed by atoms with Crippen LogP contribution in [-0.2, 0) is 0 Å². The van der Waals surface area contributed by atoms with Crippen LogP contribution in [0.4, 0.5) is 0 Å². The maximum absolute atomic E-state index is 3.64. The van der Waals surface area contributed by atoms with Crippen molar-refractivity contribution in [3.8, 4) is 0 Å². The molecule has 2 saturated heterocycles. The van der Waals surface area contributed by atoms with Crippen LogP contribution in [-0.4, -0.2) is 48.1 Å². The minimum Gasteiger partial charge on any atom is -0.311 e. The van der Waals surface area contributed by atoms with Crippen molar-refractivity contribution in [1.82, 2.24) is 10.2 Å². The van der Waals surface area contributed by atoms with Gasteiger partial charge in [-0.1, -0.05) is 13.8 Å². The number of rotatable bonds is 2. The van der Waals surface area contributed by atoms with Gasteiger partial charge in [0.2, 0.25) is 0 Å². The third kappa shape index (κ3) is 3.11. The topological polar surface area (TPSA) is 15.3 Å². The highest BCUT2D eigenvalue weighted by atomic mass is 32.2. The van der Waals surface area contributed by atoms with Gasteiger partial charge in [-0.15, -0.1) is 0 Å². The Hall–Kier alpha value is 0.270. The summed E-state index contributed by atoms with van der Waals surface area (Å²) in [6.45, 7) is 8.37. The van der Waals surface area contributed by atoms with E-state index in [1.165, 1.54) is 44.0 Å². The second kappa shape index (κ2) is 5.55. The predicted molar refractivity (Wildman–Crippen MR) is 68.5 cm³/mol. The molecule has 1 N–H and O–H groups in total. The van der Waals surface area contributed by atoms with Gasteiger partial charge in [0, 0.05) is 37.5 Å². The van der Waals surface area contributed by atoms with Crippen molar-refractivity contribution in [2.45, 2.75) is 38.8 Å². The van der Waals surface area contributed by atoms with Gasteiger partial charge in [-0.05, 0) is 24.5 Å². The molecular formula is C12H24N2S. The number of nitrogens with one attached hydrogen (secondary N) is 1. The minimum atomic E-state index is 0.714. The molecule has 0 aromatic rings. The second-order valence-electron chi connectivity index (χ2n) is 5.17. The van der Waals surface area contributed by atoms with Crippen LogP contribution in [0.2, 0.25) is 0 Å². The van der Waals surface area contributed by atoms with Crippen LogP contribution < -0.4 is 5.32 Å². The molecule has 88 valence electrons. The van der Waals surface area contributed by atoms with E-state index in [0.29, 0.717) is 6.04 Å². The van der Waals surface area contributed by atoms with Crippen molar-refractivity contribution in [2.24, 2.45) is 5.92 Å². The average Bonchev–Trinajstić information content (AvgIpc) is 2.30. The van der Waals surface area contributed by atoms with Crippen molar-refractivity contribution < 1.29 is 0 Å². The summed E-state index contributed by atoms with van der Waals surface area (Å²) in [4.78, 5) is 2.73. The fraction of sp³-hybridized carbons (Fsp3) is 1.00. The Kier molecular flexibility index (Phi) is 4.35. The summed E-state index contributed by atoms with van der Waals surface area (Å²) in [5.74, 6) is 3.52. The normalized spacial score (nSPS) is 34.6. The molecule has 0 radical (unpaired) electrons. The molecule has 2 heterocycles. The number of piperazine rings is 1. The third-order valence-corrected chi connectivity index (χ3v) is 4.89. The van der Waals surface area contributed by atoms with Crippen molar-refractivity contribution in [1.29, 1.82) is 0 Å². The highest BCUT2D eigenvalue weighted by molar-refractivity contribution is 7.99. The summed E-state index contributed by atoms with van der Waals surface area (Å²) in [5.41, 5.74) is 0. The Bertz CT molecular complexity index is 190. The molecular weight excluding hydrogens is 204 g/mol. The molecule has 2 atom stereocenters. The van der Waals surface area contributed by atoms with E-state index in [1.54, 1.807) is 0 Å². The van der Waals surface area contributed by atoms with Gasteiger partial charge in [0.25, 0.3) is 0 Å². The highest BCUT2D eigenvalue weighted by Crippen LogP contribution is 2.23. The Balaban J connectivity index is 1.85. The highest BCUT2D eigenvalue weighted by Gasteiger charge is 2.27. The zero-order valence-electron chi connectivity index (χ0n) is 10.0. The third-order valence-electron chi connectivity index (χ3n) is 3.69. The lowest BCUT2D eigenvalue weighted by Crippen LogP contribution is -2.56. The predicted octanol–water partition coefficient (Wildman–Crippen LogP) is 1.81. The summed E-state index contributed by atoms with van der Waals surface area (Å²) >= 11 is 2.14. The van der Waals surface area contributed by atoms with Crippen LogP contribution in [0.3, 0.4) is 0 Å². The molecule has 2 rings (SSSR count). The van der Waals surface area contributed by atoms with Crippen LogP contribution in [0.1, 0.15) is 26.7 Å². The Morgan fingerprint density at radius 3 is 2.93 bits per heavy atom. The lowest BCUT2D eigenvalue weighted by molar-refractivity contribution is 0.130. The summed E-state index contributed by atoms with van der Waals surface area (Å²) in [6.07, 6.45) is 2.85. The Morgan fingerprint density at radius 1 is 1.40 bits per heavy atom. The molecule has 0 saturated carbocycles. The van der Waals surface area contributed by atoms with Gasteiger partial charge in [-0.25, -0.2) is 0 Å². The zero-order chi connectivity index (χ0) is 10.7. The first-order valence-corrected chi connectivity index (χ1v) is 7.48. The lowest BCUT2D eigenvalue weighted by atomic mass is 10.00. The molecule has 2 unspecified atom stereocenters. The number of hydrogen-bond acceptors (Lipinski definition) is 3. The second-order valence-corrected chi connectivity index (χ2v) is 6.32. The molecule has 0 spiro atoms. The molecule has 2 aliphatic rings. The number of hydrogen-bond donors (Lipinski definition) is 1. The quantitative estimate of drug-likeness (QED) is 0.776. The van der Waals surface area contributed by atoms with Gasteiger partial charge in [-0.3, -0.25) is 4.90 Å². The van der Waals surface area contributed by atoms with Gasteiger partial charge < -0.3 is 5.32 Å². The molecule has 0 aliphatic carbocycles. The number of thioether (sulfide) groups is 1. The fourth-order valence-corrected chi connectivity index (χ4v) is 3.78. The molecule has 2 aliphatic heterocycles. The summed E-state index contributed by atoms with van der Waals surface area (Å²) < 4.78 is 0. The Labute approximate surface area is 98.2 Å². The standard InChI is InChI=1S/C12H24N2S/c1-10(2)12-8-14(6-5-13-12)11-4-3-7-15-9-11/h10-13H,3-9H2,1-2H3. The van der Waals surface area contributed by atoms with E-state index in [-0.39, 0.29) is 0 Å². The first-order valence-electron chi connectivity index (χ1n) is 6.32. The molecule has 0 bridgehead atoms. The largest absolute Gasteiger partial charge is 0.311 e. The molecule has 0 amide bonds. The average molecular weight is 228 g/mol. The van der Waals surface area contributed by atoms with E-state index >= 15 is 0 Å². The van der Waals surface area contributed by atoms with Gasteiger partial charge >= 0.3 is 0 Å². The van der Waals surface area contributed by atoms with E-state index in [0.717, 1.165) is 12.0 Å². The van der Waals surface area contributed by atoms with Gasteiger partial charge in [-0.2, -0.15) is 11.8 Å². The number of nitrogens with zero attached hydrogens (tertiary/aromatic N) is 1. The van der Waals surface area contributed by atoms with E-state index < -0.39 is 0 Å². The van der Waals surface area contributed by atoms with Gasteiger partial charge in [0.15, 0.2) is 0 Å². The van der Waals surface area contributed by atoms with Crippen LogP contribution in [0.25, 0.3) is 0 Å². The summed E-state index contributed by atoms with van der Waals surface area (Å²) in [5, 5.41) is 3.64. The SMILES string of the molecule is CC(C)C1CN(C2CCCSC2)CCN1. The van der Waals surface area contributed by atoms with E-state index in [4.69, 9.17) is 0 Å². The minimum absolute atomic E-state index is 0.714. The maximum atomic E-state index is 3.64. The first kappa shape index (κ1) is 11.7. The molecule has 15 heavy (non-hydrogen) atoms. The van der Waals surface area contributed by atoms with Crippen molar-refractivity contribution in [3.05, 3.63) is 0 Å². The van der Waals surface area contributed by atoms with Crippen LogP contribution in [0, 0.1) is 5.92 Å². The Morgan fingerprint density at radius 2 is 2.27 bits per heavy atom. The molecule has 2 fully saturated rings. The summed E-state index contributed by atoms with van der Waals surface area (Å²) in [7, 11) is 0. The van der Waals surface area contributed by atoms with E-state index in [2.05, 4.69) is 35.8 Å². The zero-order valence-corrected chi connectivity index (χ0v) is 10.9. The molecule has 0 aromatic heterocycles. The molecule has 0 aromatic carbocycles. The fourth-order valence-electron chi connectivity index (χ4n) is 2.59. The van der Waals surface area contributed by atoms with Crippen LogP contribution in [0.5, 0.6) is 0 Å². The maximum Gasteiger partial charge on any atom is 0.0218 e. The van der Waals surface area contributed by atoms with E-state index in [1.807, 2.05) is 0 Å². The van der Waals surface area contributed by atoms with Gasteiger partial charge in [0.05, 0.1) is 0 Å². The van der Waals surface area contributed by atoms with Crippen molar-refractivity contribution in [2.75, 3.05) is 31.1 Å². The molecule has 2 nitrogen and oxygen atoms in total. The van der Waals surface area contributed by atoms with Crippen molar-refractivity contribution in [3.63, 3.8) is 0 Å². The smallest absolute Gasteiger partial charge is 0.0218 e. The van der Waals surface area contributed by atoms with E-state index in [9.17, 15) is 0 Å².